The van der Waals surface area contributed by atoms with Gasteiger partial charge in [0, 0.05) is 24.9 Å². The second kappa shape index (κ2) is 4.26. The zero-order valence-corrected chi connectivity index (χ0v) is 9.67. The summed E-state index contributed by atoms with van der Waals surface area (Å²) in [5.74, 6) is 1.03. The monoisotopic (exact) mass is 228 g/mol. The summed E-state index contributed by atoms with van der Waals surface area (Å²) in [6.07, 6.45) is 3.28. The molecule has 1 aromatic heterocycles. The average molecular weight is 228 g/mol. The molecule has 2 aromatic rings. The molecule has 17 heavy (non-hydrogen) atoms. The molecule has 1 unspecified atom stereocenters. The lowest BCUT2D eigenvalue weighted by molar-refractivity contribution is 0.208. The second-order valence-corrected chi connectivity index (χ2v) is 4.41. The number of ether oxygens (including phenoxy) is 1. The summed E-state index contributed by atoms with van der Waals surface area (Å²) in [6.45, 7) is 1.45. The van der Waals surface area contributed by atoms with Crippen molar-refractivity contribution in [3.05, 3.63) is 53.9 Å². The lowest BCUT2D eigenvalue weighted by atomic mass is 10.1. The second-order valence-electron chi connectivity index (χ2n) is 4.41. The van der Waals surface area contributed by atoms with Crippen molar-refractivity contribution in [1.29, 1.82) is 0 Å². The maximum atomic E-state index is 5.92. The van der Waals surface area contributed by atoms with Crippen molar-refractivity contribution in [2.24, 2.45) is 5.73 Å². The van der Waals surface area contributed by atoms with Crippen molar-refractivity contribution in [2.45, 2.75) is 25.6 Å². The zero-order chi connectivity index (χ0) is 11.7. The lowest BCUT2D eigenvalue weighted by Gasteiger charge is -2.14. The molecule has 0 saturated carbocycles. The van der Waals surface area contributed by atoms with Gasteiger partial charge in [0.15, 0.2) is 0 Å². The fourth-order valence-corrected chi connectivity index (χ4v) is 2.39. The summed E-state index contributed by atoms with van der Waals surface area (Å²) in [5, 5.41) is 0. The molecule has 0 fully saturated rings. The quantitative estimate of drug-likeness (QED) is 0.872. The SMILES string of the molecule is NCc1cccn1CC1Cc2ccccc2O1. The van der Waals surface area contributed by atoms with Gasteiger partial charge in [0.1, 0.15) is 11.9 Å². The van der Waals surface area contributed by atoms with Crippen LogP contribution in [0.25, 0.3) is 0 Å². The van der Waals surface area contributed by atoms with Crippen molar-refractivity contribution in [1.82, 2.24) is 4.57 Å². The summed E-state index contributed by atoms with van der Waals surface area (Å²) >= 11 is 0. The summed E-state index contributed by atoms with van der Waals surface area (Å²) in [4.78, 5) is 0. The fourth-order valence-electron chi connectivity index (χ4n) is 2.39. The number of benzene rings is 1. The molecule has 1 aliphatic heterocycles. The Balaban J connectivity index is 1.74. The van der Waals surface area contributed by atoms with Crippen LogP contribution in [0.1, 0.15) is 11.3 Å². The van der Waals surface area contributed by atoms with Crippen molar-refractivity contribution < 1.29 is 4.74 Å². The fraction of sp³-hybridized carbons (Fsp3) is 0.286. The third-order valence-electron chi connectivity index (χ3n) is 3.25. The number of nitrogens with two attached hydrogens (primary N) is 1. The Labute approximate surface area is 101 Å². The first-order valence-corrected chi connectivity index (χ1v) is 5.95. The van der Waals surface area contributed by atoms with E-state index in [-0.39, 0.29) is 6.10 Å². The van der Waals surface area contributed by atoms with Crippen LogP contribution >= 0.6 is 0 Å². The number of rotatable bonds is 3. The molecule has 2 heterocycles. The van der Waals surface area contributed by atoms with Crippen LogP contribution in [-0.4, -0.2) is 10.7 Å². The van der Waals surface area contributed by atoms with Gasteiger partial charge in [0.25, 0.3) is 0 Å². The van der Waals surface area contributed by atoms with E-state index in [0.717, 1.165) is 24.4 Å². The highest BCUT2D eigenvalue weighted by molar-refractivity contribution is 5.37. The van der Waals surface area contributed by atoms with E-state index in [2.05, 4.69) is 29.0 Å². The highest BCUT2D eigenvalue weighted by atomic mass is 16.5. The molecule has 1 aromatic carbocycles. The van der Waals surface area contributed by atoms with E-state index in [1.54, 1.807) is 0 Å². The normalized spacial score (nSPS) is 17.8. The minimum absolute atomic E-state index is 0.227. The third-order valence-corrected chi connectivity index (χ3v) is 3.25. The number of para-hydroxylation sites is 1. The van der Waals surface area contributed by atoms with Gasteiger partial charge in [-0.15, -0.1) is 0 Å². The molecule has 0 bridgehead atoms. The molecule has 0 aliphatic carbocycles. The van der Waals surface area contributed by atoms with Crippen LogP contribution in [0.5, 0.6) is 5.75 Å². The first kappa shape index (κ1) is 10.4. The predicted octanol–water partition coefficient (Wildman–Crippen LogP) is 1.95. The Morgan fingerprint density at radius 3 is 2.94 bits per heavy atom. The van der Waals surface area contributed by atoms with Crippen molar-refractivity contribution in [2.75, 3.05) is 0 Å². The van der Waals surface area contributed by atoms with Crippen LogP contribution < -0.4 is 10.5 Å². The van der Waals surface area contributed by atoms with Gasteiger partial charge < -0.3 is 15.0 Å². The Bertz CT molecular complexity index is 493. The Hall–Kier alpha value is -1.74. The molecule has 3 rings (SSSR count). The number of aromatic nitrogens is 1. The average Bonchev–Trinajstić information content (AvgIpc) is 2.94. The van der Waals surface area contributed by atoms with E-state index in [9.17, 15) is 0 Å². The summed E-state index contributed by atoms with van der Waals surface area (Å²) < 4.78 is 8.10. The first-order valence-electron chi connectivity index (χ1n) is 5.95. The third kappa shape index (κ3) is 1.94. The van der Waals surface area contributed by atoms with Crippen LogP contribution in [0.2, 0.25) is 0 Å². The van der Waals surface area contributed by atoms with Gasteiger partial charge in [0.05, 0.1) is 6.54 Å². The van der Waals surface area contributed by atoms with Gasteiger partial charge in [-0.25, -0.2) is 0 Å². The van der Waals surface area contributed by atoms with Crippen LogP contribution in [0.4, 0.5) is 0 Å². The van der Waals surface area contributed by atoms with E-state index >= 15 is 0 Å². The molecular formula is C14H16N2O. The summed E-state index contributed by atoms with van der Waals surface area (Å²) in [5.41, 5.74) is 8.15. The molecular weight excluding hydrogens is 212 g/mol. The minimum atomic E-state index is 0.227. The summed E-state index contributed by atoms with van der Waals surface area (Å²) in [6, 6.07) is 12.3. The molecule has 3 heteroatoms. The van der Waals surface area contributed by atoms with Crippen molar-refractivity contribution in [3.63, 3.8) is 0 Å². The molecule has 1 aliphatic rings. The number of hydrogen-bond acceptors (Lipinski definition) is 2. The van der Waals surface area contributed by atoms with Crippen molar-refractivity contribution >= 4 is 0 Å². The van der Waals surface area contributed by atoms with E-state index in [0.29, 0.717) is 6.54 Å². The van der Waals surface area contributed by atoms with Crippen LogP contribution in [-0.2, 0) is 19.5 Å². The Kier molecular flexibility index (Phi) is 2.61. The molecule has 0 spiro atoms. The van der Waals surface area contributed by atoms with Gasteiger partial charge >= 0.3 is 0 Å². The topological polar surface area (TPSA) is 40.2 Å². The van der Waals surface area contributed by atoms with Crippen LogP contribution in [0.15, 0.2) is 42.6 Å². The van der Waals surface area contributed by atoms with Gasteiger partial charge in [-0.2, -0.15) is 0 Å². The number of hydrogen-bond donors (Lipinski definition) is 1. The smallest absolute Gasteiger partial charge is 0.123 e. The molecule has 1 atom stereocenters. The number of nitrogens with zero attached hydrogens (tertiary/aromatic N) is 1. The van der Waals surface area contributed by atoms with Gasteiger partial charge in [-0.05, 0) is 23.8 Å². The highest BCUT2D eigenvalue weighted by Gasteiger charge is 2.22. The molecule has 0 radical (unpaired) electrons. The molecule has 0 saturated heterocycles. The Morgan fingerprint density at radius 2 is 2.12 bits per heavy atom. The molecule has 3 nitrogen and oxygen atoms in total. The zero-order valence-electron chi connectivity index (χ0n) is 9.67. The Morgan fingerprint density at radius 1 is 1.24 bits per heavy atom. The van der Waals surface area contributed by atoms with Crippen molar-refractivity contribution in [3.8, 4) is 5.75 Å². The minimum Gasteiger partial charge on any atom is -0.488 e. The maximum absolute atomic E-state index is 5.92. The maximum Gasteiger partial charge on any atom is 0.123 e. The van der Waals surface area contributed by atoms with Crippen LogP contribution in [0, 0.1) is 0 Å². The van der Waals surface area contributed by atoms with Gasteiger partial charge in [-0.1, -0.05) is 18.2 Å². The standard InChI is InChI=1S/C14H16N2O/c15-9-12-5-3-7-16(12)10-13-8-11-4-1-2-6-14(11)17-13/h1-7,13H,8-10,15H2. The van der Waals surface area contributed by atoms with Crippen LogP contribution in [0.3, 0.4) is 0 Å². The first-order chi connectivity index (χ1) is 8.36. The predicted molar refractivity (Wildman–Crippen MR) is 66.9 cm³/mol. The molecule has 88 valence electrons. The van der Waals surface area contributed by atoms with E-state index in [1.807, 2.05) is 18.2 Å². The van der Waals surface area contributed by atoms with Gasteiger partial charge in [-0.3, -0.25) is 0 Å². The summed E-state index contributed by atoms with van der Waals surface area (Å²) in [7, 11) is 0. The van der Waals surface area contributed by atoms with Gasteiger partial charge in [0.2, 0.25) is 0 Å². The number of fused-ring (bicyclic) bond motifs is 1. The van der Waals surface area contributed by atoms with E-state index in [1.165, 1.54) is 5.56 Å². The molecule has 0 amide bonds. The molecule has 2 N–H and O–H groups in total. The highest BCUT2D eigenvalue weighted by Crippen LogP contribution is 2.28. The van der Waals surface area contributed by atoms with E-state index < -0.39 is 0 Å². The van der Waals surface area contributed by atoms with E-state index in [4.69, 9.17) is 10.5 Å². The lowest BCUT2D eigenvalue weighted by Crippen LogP contribution is -2.22. The largest absolute Gasteiger partial charge is 0.488 e.